The lowest BCUT2D eigenvalue weighted by molar-refractivity contribution is -0.140. The maximum absolute atomic E-state index is 8.74. The SMILES string of the molecule is CCCC(C)CC(C)C(C)(CNC)N1CC(C)(OC#N)C1. The Labute approximate surface area is 130 Å². The number of nitriles is 1. The Hall–Kier alpha value is -0.790. The van der Waals surface area contributed by atoms with Crippen molar-refractivity contribution in [3.63, 3.8) is 0 Å². The molecule has 0 aliphatic carbocycles. The predicted octanol–water partition coefficient (Wildman–Crippen LogP) is 3.00. The monoisotopic (exact) mass is 295 g/mol. The number of rotatable bonds is 9. The standard InChI is InChI=1S/C17H33N3O/c1-7-8-14(2)9-15(3)17(5,10-19-6)20-11-16(4,12-20)21-13-18/h14-15,19H,7-12H2,1-6H3. The maximum atomic E-state index is 8.74. The van der Waals surface area contributed by atoms with E-state index in [0.29, 0.717) is 5.92 Å². The van der Waals surface area contributed by atoms with Crippen LogP contribution in [0.3, 0.4) is 0 Å². The molecule has 0 amide bonds. The zero-order chi connectivity index (χ0) is 16.1. The van der Waals surface area contributed by atoms with Crippen LogP contribution >= 0.6 is 0 Å². The molecule has 0 aromatic rings. The van der Waals surface area contributed by atoms with E-state index < -0.39 is 0 Å². The highest BCUT2D eigenvalue weighted by molar-refractivity contribution is 5.05. The van der Waals surface area contributed by atoms with Gasteiger partial charge in [-0.25, -0.2) is 0 Å². The number of nitrogens with zero attached hydrogens (tertiary/aromatic N) is 2. The lowest BCUT2D eigenvalue weighted by atomic mass is 9.75. The molecule has 122 valence electrons. The number of hydrogen-bond acceptors (Lipinski definition) is 4. The summed E-state index contributed by atoms with van der Waals surface area (Å²) in [5.41, 5.74) is -0.173. The molecule has 1 heterocycles. The van der Waals surface area contributed by atoms with Crippen molar-refractivity contribution in [3.05, 3.63) is 0 Å². The molecule has 0 aromatic carbocycles. The third-order valence-corrected chi connectivity index (χ3v) is 5.20. The second-order valence-corrected chi connectivity index (χ2v) is 7.42. The van der Waals surface area contributed by atoms with Crippen molar-refractivity contribution in [3.8, 4) is 6.26 Å². The normalized spacial score (nSPS) is 23.5. The molecule has 4 nitrogen and oxygen atoms in total. The average molecular weight is 295 g/mol. The number of ether oxygens (including phenoxy) is 1. The fraction of sp³-hybridized carbons (Fsp3) is 0.941. The van der Waals surface area contributed by atoms with Gasteiger partial charge in [-0.15, -0.1) is 0 Å². The zero-order valence-corrected chi connectivity index (χ0v) is 14.7. The van der Waals surface area contributed by atoms with Crippen LogP contribution in [0.2, 0.25) is 0 Å². The van der Waals surface area contributed by atoms with Gasteiger partial charge in [0.1, 0.15) is 5.60 Å². The number of nitrogens with one attached hydrogen (secondary N) is 1. The summed E-state index contributed by atoms with van der Waals surface area (Å²) in [5, 5.41) is 12.1. The topological polar surface area (TPSA) is 48.3 Å². The Morgan fingerprint density at radius 3 is 2.52 bits per heavy atom. The minimum absolute atomic E-state index is 0.120. The fourth-order valence-corrected chi connectivity index (χ4v) is 3.72. The molecular weight excluding hydrogens is 262 g/mol. The molecule has 1 rings (SSSR count). The molecular formula is C17H33N3O. The Morgan fingerprint density at radius 2 is 2.05 bits per heavy atom. The Kier molecular flexibility index (Phi) is 6.49. The van der Waals surface area contributed by atoms with Crippen molar-refractivity contribution in [2.75, 3.05) is 26.7 Å². The highest BCUT2D eigenvalue weighted by atomic mass is 16.5. The highest BCUT2D eigenvalue weighted by Gasteiger charge is 2.50. The van der Waals surface area contributed by atoms with E-state index >= 15 is 0 Å². The lowest BCUT2D eigenvalue weighted by Gasteiger charge is -2.56. The summed E-state index contributed by atoms with van der Waals surface area (Å²) in [6.07, 6.45) is 5.66. The van der Waals surface area contributed by atoms with E-state index in [4.69, 9.17) is 10.00 Å². The Bertz CT molecular complexity index is 360. The molecule has 0 spiro atoms. The second-order valence-electron chi connectivity index (χ2n) is 7.42. The van der Waals surface area contributed by atoms with Gasteiger partial charge in [-0.3, -0.25) is 4.90 Å². The summed E-state index contributed by atoms with van der Waals surface area (Å²) in [6, 6.07) is 0. The molecule has 4 heteroatoms. The molecule has 1 aliphatic rings. The summed E-state index contributed by atoms with van der Waals surface area (Å²) < 4.78 is 5.21. The average Bonchev–Trinajstić information content (AvgIpc) is 2.36. The van der Waals surface area contributed by atoms with Crippen LogP contribution in [0.5, 0.6) is 0 Å². The summed E-state index contributed by atoms with van der Waals surface area (Å²) in [5.74, 6) is 1.38. The molecule has 1 fully saturated rings. The van der Waals surface area contributed by atoms with Gasteiger partial charge in [0, 0.05) is 25.2 Å². The van der Waals surface area contributed by atoms with Gasteiger partial charge in [0.15, 0.2) is 0 Å². The van der Waals surface area contributed by atoms with Crippen LogP contribution in [0.4, 0.5) is 0 Å². The first-order valence-corrected chi connectivity index (χ1v) is 8.28. The Balaban J connectivity index is 2.69. The molecule has 1 N–H and O–H groups in total. The molecule has 0 saturated carbocycles. The van der Waals surface area contributed by atoms with Gasteiger partial charge < -0.3 is 10.1 Å². The molecule has 21 heavy (non-hydrogen) atoms. The van der Waals surface area contributed by atoms with E-state index in [9.17, 15) is 0 Å². The number of likely N-dealkylation sites (N-methyl/N-ethyl adjacent to an activating group) is 1. The van der Waals surface area contributed by atoms with Crippen molar-refractivity contribution >= 4 is 0 Å². The van der Waals surface area contributed by atoms with Gasteiger partial charge in [-0.1, -0.05) is 33.6 Å². The first-order chi connectivity index (χ1) is 9.81. The minimum Gasteiger partial charge on any atom is -0.418 e. The van der Waals surface area contributed by atoms with Gasteiger partial charge in [0.25, 0.3) is 6.26 Å². The van der Waals surface area contributed by atoms with Crippen LogP contribution in [0.15, 0.2) is 0 Å². The van der Waals surface area contributed by atoms with E-state index in [1.165, 1.54) is 19.3 Å². The van der Waals surface area contributed by atoms with Crippen molar-refractivity contribution in [1.29, 1.82) is 5.26 Å². The van der Waals surface area contributed by atoms with Crippen LogP contribution < -0.4 is 5.32 Å². The summed E-state index contributed by atoms with van der Waals surface area (Å²) in [7, 11) is 2.02. The molecule has 1 saturated heterocycles. The Morgan fingerprint density at radius 1 is 1.43 bits per heavy atom. The largest absolute Gasteiger partial charge is 0.418 e. The zero-order valence-electron chi connectivity index (χ0n) is 14.7. The van der Waals surface area contributed by atoms with E-state index in [-0.39, 0.29) is 11.1 Å². The van der Waals surface area contributed by atoms with Crippen molar-refractivity contribution < 1.29 is 4.74 Å². The molecule has 0 aromatic heterocycles. The number of hydrogen-bond donors (Lipinski definition) is 1. The molecule has 0 bridgehead atoms. The van der Waals surface area contributed by atoms with Crippen molar-refractivity contribution in [2.45, 2.75) is 65.0 Å². The quantitative estimate of drug-likeness (QED) is 0.664. The van der Waals surface area contributed by atoms with E-state index in [1.54, 1.807) is 0 Å². The summed E-state index contributed by atoms with van der Waals surface area (Å²) >= 11 is 0. The molecule has 1 aliphatic heterocycles. The van der Waals surface area contributed by atoms with Crippen LogP contribution in [-0.4, -0.2) is 42.7 Å². The van der Waals surface area contributed by atoms with Gasteiger partial charge >= 0.3 is 0 Å². The molecule has 0 radical (unpaired) electrons. The minimum atomic E-state index is -0.293. The molecule has 3 unspecified atom stereocenters. The van der Waals surface area contributed by atoms with Crippen LogP contribution in [-0.2, 0) is 4.74 Å². The lowest BCUT2D eigenvalue weighted by Crippen LogP contribution is -2.71. The van der Waals surface area contributed by atoms with Gasteiger partial charge in [-0.2, -0.15) is 5.26 Å². The maximum Gasteiger partial charge on any atom is 0.286 e. The van der Waals surface area contributed by atoms with Crippen LogP contribution in [0.1, 0.15) is 53.9 Å². The first-order valence-electron chi connectivity index (χ1n) is 8.28. The van der Waals surface area contributed by atoms with Crippen molar-refractivity contribution in [2.24, 2.45) is 11.8 Å². The van der Waals surface area contributed by atoms with Crippen LogP contribution in [0, 0.1) is 23.4 Å². The highest BCUT2D eigenvalue weighted by Crippen LogP contribution is 2.38. The van der Waals surface area contributed by atoms with Crippen LogP contribution in [0.25, 0.3) is 0 Å². The van der Waals surface area contributed by atoms with E-state index in [1.807, 2.05) is 20.2 Å². The van der Waals surface area contributed by atoms with Gasteiger partial charge in [-0.05, 0) is 39.2 Å². The summed E-state index contributed by atoms with van der Waals surface area (Å²) in [4.78, 5) is 2.48. The first kappa shape index (κ1) is 18.3. The fourth-order valence-electron chi connectivity index (χ4n) is 3.72. The number of likely N-dealkylation sites (tertiary alicyclic amines) is 1. The van der Waals surface area contributed by atoms with E-state index in [2.05, 4.69) is 37.9 Å². The molecule has 3 atom stereocenters. The predicted molar refractivity (Wildman–Crippen MR) is 86.9 cm³/mol. The smallest absolute Gasteiger partial charge is 0.286 e. The van der Waals surface area contributed by atoms with Gasteiger partial charge in [0.05, 0.1) is 0 Å². The second kappa shape index (κ2) is 7.47. The van der Waals surface area contributed by atoms with E-state index in [0.717, 1.165) is 25.6 Å². The van der Waals surface area contributed by atoms with Gasteiger partial charge in [0.2, 0.25) is 0 Å². The summed E-state index contributed by atoms with van der Waals surface area (Å²) in [6.45, 7) is 14.0. The van der Waals surface area contributed by atoms with Crippen molar-refractivity contribution in [1.82, 2.24) is 10.2 Å². The third kappa shape index (κ3) is 4.34. The third-order valence-electron chi connectivity index (χ3n) is 5.20.